The number of thiazole rings is 1. The number of alkyl halides is 6. The van der Waals surface area contributed by atoms with E-state index in [0.717, 1.165) is 61.5 Å². The average Bonchev–Trinajstić information content (AvgIpc) is 3.69. The van der Waals surface area contributed by atoms with E-state index in [-0.39, 0.29) is 46.9 Å². The number of nitrogens with one attached hydrogen (secondary N) is 2. The second kappa shape index (κ2) is 19.8. The predicted octanol–water partition coefficient (Wildman–Crippen LogP) is 11.4. The Kier molecular flexibility index (Phi) is 15.6. The molecule has 1 saturated heterocycles. The second-order valence-electron chi connectivity index (χ2n) is 13.2. The first kappa shape index (κ1) is 46.5. The Hall–Kier alpha value is -3.61. The molecule has 1 amide bonds. The number of amides is 1. The summed E-state index contributed by atoms with van der Waals surface area (Å²) in [5.41, 5.74) is 2.32. The minimum absolute atomic E-state index is 0. The summed E-state index contributed by atoms with van der Waals surface area (Å²) in [6.07, 6.45) is -1.30. The van der Waals surface area contributed by atoms with Gasteiger partial charge >= 0.3 is 12.3 Å². The van der Waals surface area contributed by atoms with E-state index in [1.54, 1.807) is 18.2 Å². The number of nitrogens with zero attached hydrogens (tertiary/aromatic N) is 3. The fourth-order valence-electron chi connectivity index (χ4n) is 6.17. The monoisotopic (exact) mass is 955 g/mol. The maximum Gasteiger partial charge on any atom is 0.416 e. The van der Waals surface area contributed by atoms with E-state index >= 15 is 4.39 Å². The first-order chi connectivity index (χ1) is 27.4. The van der Waals surface area contributed by atoms with E-state index in [2.05, 4.69) is 20.0 Å². The van der Waals surface area contributed by atoms with Crippen LogP contribution in [0.1, 0.15) is 30.5 Å². The van der Waals surface area contributed by atoms with E-state index in [1.165, 1.54) is 46.3 Å². The molecule has 0 atom stereocenters. The smallest absolute Gasteiger partial charge is 0.416 e. The summed E-state index contributed by atoms with van der Waals surface area (Å²) < 4.78 is 94.3. The van der Waals surface area contributed by atoms with E-state index in [0.29, 0.717) is 41.3 Å². The average molecular weight is 958 g/mol. The molecule has 2 aromatic heterocycles. The Morgan fingerprint density at radius 3 is 2.41 bits per heavy atom. The maximum absolute atomic E-state index is 15.5. The molecule has 1 fully saturated rings. The molecule has 0 spiro atoms. The molecular weight excluding hydrogens is 924 g/mol. The number of ether oxygens (including phenoxy) is 2. The lowest BCUT2D eigenvalue weighted by atomic mass is 9.94. The lowest BCUT2D eigenvalue weighted by Crippen LogP contribution is -2.36. The van der Waals surface area contributed by atoms with Crippen molar-refractivity contribution in [2.24, 2.45) is 5.92 Å². The molecule has 6 rings (SSSR count). The van der Waals surface area contributed by atoms with Gasteiger partial charge in [0.15, 0.2) is 5.82 Å². The zero-order valence-corrected chi connectivity index (χ0v) is 35.9. The fourth-order valence-corrected chi connectivity index (χ4v) is 8.25. The molecule has 0 aliphatic carbocycles. The first-order valence-electron chi connectivity index (χ1n) is 17.5. The Labute approximate surface area is 367 Å². The highest BCUT2D eigenvalue weighted by Crippen LogP contribution is 2.41. The number of carbonyl (C=O) groups is 1. The lowest BCUT2D eigenvalue weighted by Gasteiger charge is -2.27. The van der Waals surface area contributed by atoms with Crippen molar-refractivity contribution in [1.82, 2.24) is 20.2 Å². The Morgan fingerprint density at radius 1 is 0.966 bits per heavy atom. The molecule has 0 bridgehead atoms. The molecule has 3 heterocycles. The number of aromatic nitrogens is 2. The number of halogens is 9. The van der Waals surface area contributed by atoms with E-state index < -0.39 is 49.0 Å². The third-order valence-electron chi connectivity index (χ3n) is 9.03. The summed E-state index contributed by atoms with van der Waals surface area (Å²) in [4.78, 5) is 22.3. The van der Waals surface area contributed by atoms with Crippen LogP contribution in [-0.4, -0.2) is 59.4 Å². The minimum Gasteiger partial charge on any atom is -0.455 e. The molecule has 21 heteroatoms. The summed E-state index contributed by atoms with van der Waals surface area (Å²) in [6.45, 7) is 1.52. The van der Waals surface area contributed by atoms with Gasteiger partial charge in [0.05, 0.1) is 28.3 Å². The number of benzene rings is 3. The number of sulfonamides is 1. The van der Waals surface area contributed by atoms with Crippen molar-refractivity contribution >= 4 is 92.1 Å². The normalized spacial score (nSPS) is 13.7. The van der Waals surface area contributed by atoms with Crippen LogP contribution in [0.5, 0.6) is 11.5 Å². The van der Waals surface area contributed by atoms with Crippen LogP contribution in [-0.2, 0) is 27.5 Å². The third-order valence-corrected chi connectivity index (χ3v) is 11.6. The molecule has 0 radical (unpaired) electrons. The third kappa shape index (κ3) is 12.7. The van der Waals surface area contributed by atoms with Crippen molar-refractivity contribution < 1.29 is 40.2 Å². The van der Waals surface area contributed by atoms with Gasteiger partial charge in [-0.3, -0.25) is 9.71 Å². The van der Waals surface area contributed by atoms with E-state index in [4.69, 9.17) is 55.9 Å². The molecule has 1 aliphatic rings. The van der Waals surface area contributed by atoms with Crippen LogP contribution < -0.4 is 14.8 Å². The molecule has 316 valence electrons. The number of hydrogen-bond acceptors (Lipinski definition) is 9. The quantitative estimate of drug-likeness (QED) is 0.0884. The molecule has 1 aliphatic heterocycles. The van der Waals surface area contributed by atoms with Gasteiger partial charge in [-0.2, -0.15) is 13.2 Å². The van der Waals surface area contributed by atoms with Gasteiger partial charge in [-0.1, -0.05) is 64.6 Å². The number of carbonyl (C=O) groups excluding carboxylic acids is 1. The van der Waals surface area contributed by atoms with Crippen molar-refractivity contribution in [3.8, 4) is 33.8 Å². The molecule has 2 N–H and O–H groups in total. The maximum atomic E-state index is 15.5. The van der Waals surface area contributed by atoms with Crippen LogP contribution in [0.4, 0.5) is 28.2 Å². The van der Waals surface area contributed by atoms with Crippen LogP contribution in [0.3, 0.4) is 0 Å². The summed E-state index contributed by atoms with van der Waals surface area (Å²) in [7, 11) is -4.44. The van der Waals surface area contributed by atoms with Crippen molar-refractivity contribution in [3.05, 3.63) is 106 Å². The SMILES string of the molecule is Cl.O=C(OCC(Cl)(Cl)Cl)N(CCC1CCNCC1)Cc1cc(-c2cc(-c3cccc(C(F)(F)F)c3)ccc2Oc2cc(F)c(S(=O)(=O)Nc3cscn3)cc2Cl)ccn1. The van der Waals surface area contributed by atoms with Crippen LogP contribution >= 0.6 is 70.1 Å². The van der Waals surface area contributed by atoms with E-state index in [1.807, 2.05) is 0 Å². The minimum atomic E-state index is -4.60. The molecule has 3 aromatic carbocycles. The van der Waals surface area contributed by atoms with Gasteiger partial charge < -0.3 is 19.7 Å². The fraction of sp³-hybridized carbons (Fsp3) is 0.289. The molecule has 59 heavy (non-hydrogen) atoms. The topological polar surface area (TPSA) is 123 Å². The standard InChI is InChI=1S/C38H33Cl4F4N5O5S2.ClH/c39-30-17-34(58(53,54)50-35-20-57-22-49-35)31(43)18-33(30)56-32-5-4-25(24-2-1-3-27(14-24)38(44,45)46)16-29(32)26-8-12-48-28(15-26)19-51(36(52)55-21-37(40,41)42)13-9-23-6-10-47-11-7-23;/h1-5,8,12,14-18,20,22-23,47,50H,6-7,9-11,13,19,21H2;1H. The second-order valence-corrected chi connectivity index (χ2v) is 18.5. The summed E-state index contributed by atoms with van der Waals surface area (Å²) in [5, 5.41) is 4.48. The number of anilines is 1. The van der Waals surface area contributed by atoms with Crippen LogP contribution in [0.15, 0.2) is 88.7 Å². The zero-order valence-electron chi connectivity index (χ0n) is 30.4. The van der Waals surface area contributed by atoms with Gasteiger partial charge in [0, 0.05) is 29.8 Å². The number of hydrogen-bond donors (Lipinski definition) is 2. The van der Waals surface area contributed by atoms with Crippen molar-refractivity contribution in [2.45, 2.75) is 40.7 Å². The summed E-state index contributed by atoms with van der Waals surface area (Å²) in [5.74, 6) is -0.998. The first-order valence-corrected chi connectivity index (χ1v) is 21.4. The number of pyridine rings is 1. The van der Waals surface area contributed by atoms with Gasteiger partial charge in [-0.25, -0.2) is 22.6 Å². The molecule has 0 saturated carbocycles. The van der Waals surface area contributed by atoms with Gasteiger partial charge in [0.2, 0.25) is 3.79 Å². The predicted molar refractivity (Wildman–Crippen MR) is 224 cm³/mol. The highest BCUT2D eigenvalue weighted by atomic mass is 35.6. The molecule has 0 unspecified atom stereocenters. The van der Waals surface area contributed by atoms with Crippen molar-refractivity contribution in [3.63, 3.8) is 0 Å². The van der Waals surface area contributed by atoms with Crippen molar-refractivity contribution in [1.29, 1.82) is 0 Å². The number of rotatable bonds is 13. The lowest BCUT2D eigenvalue weighted by molar-refractivity contribution is -0.137. The van der Waals surface area contributed by atoms with Gasteiger partial charge in [-0.15, -0.1) is 23.7 Å². The Bertz CT molecular complexity index is 2350. The van der Waals surface area contributed by atoms with Gasteiger partial charge in [-0.05, 0) is 97.4 Å². The summed E-state index contributed by atoms with van der Waals surface area (Å²) >= 11 is 25.2. The number of piperidine rings is 1. The summed E-state index contributed by atoms with van der Waals surface area (Å²) in [6, 6.07) is 14.3. The van der Waals surface area contributed by atoms with E-state index in [9.17, 15) is 26.4 Å². The highest BCUT2D eigenvalue weighted by Gasteiger charge is 2.31. The van der Waals surface area contributed by atoms with Crippen LogP contribution in [0.25, 0.3) is 22.3 Å². The molecule has 5 aromatic rings. The molecular formula is C38H34Cl5F4N5O5S2. The Morgan fingerprint density at radius 2 is 1.71 bits per heavy atom. The molecule has 10 nitrogen and oxygen atoms in total. The zero-order chi connectivity index (χ0) is 41.7. The van der Waals surface area contributed by atoms with Gasteiger partial charge in [0.1, 0.15) is 28.8 Å². The van der Waals surface area contributed by atoms with Crippen LogP contribution in [0.2, 0.25) is 5.02 Å². The van der Waals surface area contributed by atoms with Crippen molar-refractivity contribution in [2.75, 3.05) is 31.0 Å². The van der Waals surface area contributed by atoms with Gasteiger partial charge in [0.25, 0.3) is 10.0 Å². The Balaban J connectivity index is 0.00000661. The largest absolute Gasteiger partial charge is 0.455 e. The van der Waals surface area contributed by atoms with Crippen LogP contribution in [0, 0.1) is 11.7 Å². The highest BCUT2D eigenvalue weighted by molar-refractivity contribution is 7.92.